The third-order valence-corrected chi connectivity index (χ3v) is 4.40. The highest BCUT2D eigenvalue weighted by Gasteiger charge is 2.25. The van der Waals surface area contributed by atoms with Crippen LogP contribution in [0.5, 0.6) is 5.75 Å². The van der Waals surface area contributed by atoms with Gasteiger partial charge in [0, 0.05) is 50.8 Å². The molecule has 26 heavy (non-hydrogen) atoms. The number of ether oxygens (including phenoxy) is 1. The second kappa shape index (κ2) is 8.33. The van der Waals surface area contributed by atoms with E-state index in [1.54, 1.807) is 36.5 Å². The van der Waals surface area contributed by atoms with E-state index in [0.717, 1.165) is 17.0 Å². The van der Waals surface area contributed by atoms with Crippen LogP contribution in [-0.2, 0) is 16.1 Å². The van der Waals surface area contributed by atoms with E-state index < -0.39 is 11.8 Å². The molecule has 2 aromatic rings. The van der Waals surface area contributed by atoms with E-state index in [-0.39, 0.29) is 0 Å². The van der Waals surface area contributed by atoms with Gasteiger partial charge in [-0.25, -0.2) is 0 Å². The van der Waals surface area contributed by atoms with Gasteiger partial charge in [-0.15, -0.1) is 0 Å². The lowest BCUT2D eigenvalue weighted by Gasteiger charge is -2.35. The van der Waals surface area contributed by atoms with E-state index in [1.807, 2.05) is 24.3 Å². The highest BCUT2D eigenvalue weighted by atomic mass is 16.5. The molecule has 7 heteroatoms. The predicted molar refractivity (Wildman–Crippen MR) is 97.9 cm³/mol. The number of methoxy groups -OCH3 is 1. The first-order valence-electron chi connectivity index (χ1n) is 8.52. The van der Waals surface area contributed by atoms with Crippen LogP contribution in [0.2, 0.25) is 0 Å². The molecule has 1 aliphatic rings. The van der Waals surface area contributed by atoms with Gasteiger partial charge in [0.15, 0.2) is 0 Å². The number of hydrogen-bond acceptors (Lipinski definition) is 5. The van der Waals surface area contributed by atoms with Gasteiger partial charge >= 0.3 is 11.8 Å². The van der Waals surface area contributed by atoms with Crippen LogP contribution in [0.15, 0.2) is 48.8 Å². The van der Waals surface area contributed by atoms with Gasteiger partial charge in [0.25, 0.3) is 0 Å². The fourth-order valence-electron chi connectivity index (χ4n) is 2.86. The lowest BCUT2D eigenvalue weighted by Crippen LogP contribution is -2.52. The Morgan fingerprint density at radius 3 is 2.31 bits per heavy atom. The summed E-state index contributed by atoms with van der Waals surface area (Å²) in [6.07, 6.45) is 3.31. The van der Waals surface area contributed by atoms with Gasteiger partial charge < -0.3 is 19.9 Å². The molecule has 1 fully saturated rings. The number of aromatic nitrogens is 1. The summed E-state index contributed by atoms with van der Waals surface area (Å²) in [4.78, 5) is 32.1. The Bertz CT molecular complexity index is 741. The fourth-order valence-corrected chi connectivity index (χ4v) is 2.86. The highest BCUT2D eigenvalue weighted by Crippen LogP contribution is 2.20. The van der Waals surface area contributed by atoms with Crippen molar-refractivity contribution < 1.29 is 14.3 Å². The summed E-state index contributed by atoms with van der Waals surface area (Å²) in [7, 11) is 1.64. The number of nitrogens with zero attached hydrogens (tertiary/aromatic N) is 3. The van der Waals surface area contributed by atoms with Crippen molar-refractivity contribution in [3.63, 3.8) is 0 Å². The zero-order chi connectivity index (χ0) is 18.4. The van der Waals surface area contributed by atoms with Crippen LogP contribution in [0.3, 0.4) is 0 Å². The second-order valence-corrected chi connectivity index (χ2v) is 6.02. The Morgan fingerprint density at radius 2 is 1.69 bits per heavy atom. The maximum atomic E-state index is 12.3. The number of amides is 2. The van der Waals surface area contributed by atoms with Crippen molar-refractivity contribution in [1.29, 1.82) is 0 Å². The topological polar surface area (TPSA) is 74.8 Å². The summed E-state index contributed by atoms with van der Waals surface area (Å²) in [6, 6.07) is 11.4. The van der Waals surface area contributed by atoms with Crippen molar-refractivity contribution in [2.75, 3.05) is 38.2 Å². The maximum absolute atomic E-state index is 12.3. The molecule has 0 unspecified atom stereocenters. The van der Waals surface area contributed by atoms with Gasteiger partial charge in [0.1, 0.15) is 5.75 Å². The summed E-state index contributed by atoms with van der Waals surface area (Å²) in [5.41, 5.74) is 1.99. The molecule has 1 N–H and O–H groups in total. The molecule has 0 radical (unpaired) electrons. The van der Waals surface area contributed by atoms with E-state index in [1.165, 1.54) is 0 Å². The Kier molecular flexibility index (Phi) is 5.68. The van der Waals surface area contributed by atoms with Gasteiger partial charge in [-0.1, -0.05) is 0 Å². The largest absolute Gasteiger partial charge is 0.497 e. The smallest absolute Gasteiger partial charge is 0.312 e. The average Bonchev–Trinajstić information content (AvgIpc) is 2.72. The first kappa shape index (κ1) is 17.7. The Balaban J connectivity index is 1.48. The number of hydrogen-bond donors (Lipinski definition) is 1. The molecule has 0 spiro atoms. The first-order valence-corrected chi connectivity index (χ1v) is 8.52. The summed E-state index contributed by atoms with van der Waals surface area (Å²) in [5, 5.41) is 2.67. The summed E-state index contributed by atoms with van der Waals surface area (Å²) in [6.45, 7) is 2.74. The number of carbonyl (C=O) groups excluding carboxylic acids is 2. The van der Waals surface area contributed by atoms with E-state index in [0.29, 0.717) is 32.7 Å². The SMILES string of the molecule is COc1ccc(N2CCN(C(=O)C(=O)NCc3ccncc3)CC2)cc1. The molecule has 0 aliphatic carbocycles. The lowest BCUT2D eigenvalue weighted by atomic mass is 10.2. The summed E-state index contributed by atoms with van der Waals surface area (Å²) < 4.78 is 5.17. The first-order chi connectivity index (χ1) is 12.7. The predicted octanol–water partition coefficient (Wildman–Crippen LogP) is 1.06. The number of benzene rings is 1. The molecule has 0 bridgehead atoms. The van der Waals surface area contributed by atoms with Crippen LogP contribution >= 0.6 is 0 Å². The maximum Gasteiger partial charge on any atom is 0.312 e. The number of rotatable bonds is 4. The molecule has 2 heterocycles. The second-order valence-electron chi connectivity index (χ2n) is 6.02. The summed E-state index contributed by atoms with van der Waals surface area (Å²) in [5.74, 6) is -0.235. The van der Waals surface area contributed by atoms with Crippen LogP contribution in [0.25, 0.3) is 0 Å². The average molecular weight is 354 g/mol. The Labute approximate surface area is 152 Å². The minimum Gasteiger partial charge on any atom is -0.497 e. The van der Waals surface area contributed by atoms with Crippen LogP contribution in [0, 0.1) is 0 Å². The molecule has 1 saturated heterocycles. The van der Waals surface area contributed by atoms with Crippen molar-refractivity contribution in [2.24, 2.45) is 0 Å². The van der Waals surface area contributed by atoms with Crippen molar-refractivity contribution in [2.45, 2.75) is 6.54 Å². The molecule has 0 saturated carbocycles. The van der Waals surface area contributed by atoms with Gasteiger partial charge in [-0.2, -0.15) is 0 Å². The molecule has 136 valence electrons. The Morgan fingerprint density at radius 1 is 1.04 bits per heavy atom. The van der Waals surface area contributed by atoms with Crippen LogP contribution in [0.1, 0.15) is 5.56 Å². The van der Waals surface area contributed by atoms with Gasteiger partial charge in [0.2, 0.25) is 0 Å². The quantitative estimate of drug-likeness (QED) is 0.831. The van der Waals surface area contributed by atoms with Crippen molar-refractivity contribution in [3.8, 4) is 5.75 Å². The molecule has 1 aromatic carbocycles. The van der Waals surface area contributed by atoms with Gasteiger partial charge in [0.05, 0.1) is 7.11 Å². The zero-order valence-corrected chi connectivity index (χ0v) is 14.7. The molecule has 3 rings (SSSR count). The standard InChI is InChI=1S/C19H22N4O3/c1-26-17-4-2-16(3-5-17)22-10-12-23(13-11-22)19(25)18(24)21-14-15-6-8-20-9-7-15/h2-9H,10-14H2,1H3,(H,21,24). The minimum absolute atomic E-state index is 0.318. The van der Waals surface area contributed by atoms with Crippen molar-refractivity contribution in [3.05, 3.63) is 54.4 Å². The molecule has 0 atom stereocenters. The zero-order valence-electron chi connectivity index (χ0n) is 14.7. The third kappa shape index (κ3) is 4.30. The van der Waals surface area contributed by atoms with Crippen LogP contribution in [-0.4, -0.2) is 55.0 Å². The summed E-state index contributed by atoms with van der Waals surface area (Å²) >= 11 is 0. The molecule has 1 aliphatic heterocycles. The molecular weight excluding hydrogens is 332 g/mol. The molecule has 1 aromatic heterocycles. The van der Waals surface area contributed by atoms with E-state index in [9.17, 15) is 9.59 Å². The normalized spacial score (nSPS) is 14.0. The van der Waals surface area contributed by atoms with Crippen LogP contribution < -0.4 is 15.0 Å². The number of anilines is 1. The van der Waals surface area contributed by atoms with Crippen molar-refractivity contribution >= 4 is 17.5 Å². The number of piperazine rings is 1. The van der Waals surface area contributed by atoms with E-state index in [4.69, 9.17) is 4.74 Å². The Hall–Kier alpha value is -3.09. The number of carbonyl (C=O) groups is 2. The lowest BCUT2D eigenvalue weighted by molar-refractivity contribution is -0.146. The monoisotopic (exact) mass is 354 g/mol. The molecule has 7 nitrogen and oxygen atoms in total. The highest BCUT2D eigenvalue weighted by molar-refractivity contribution is 6.35. The van der Waals surface area contributed by atoms with E-state index >= 15 is 0 Å². The fraction of sp³-hybridized carbons (Fsp3) is 0.316. The minimum atomic E-state index is -0.570. The van der Waals surface area contributed by atoms with E-state index in [2.05, 4.69) is 15.2 Å². The van der Waals surface area contributed by atoms with Gasteiger partial charge in [-0.3, -0.25) is 14.6 Å². The number of nitrogens with one attached hydrogen (secondary N) is 1. The number of pyridine rings is 1. The van der Waals surface area contributed by atoms with Crippen LogP contribution in [0.4, 0.5) is 5.69 Å². The molecule has 2 amide bonds. The molecular formula is C19H22N4O3. The third-order valence-electron chi connectivity index (χ3n) is 4.40. The van der Waals surface area contributed by atoms with Crippen molar-refractivity contribution in [1.82, 2.24) is 15.2 Å². The van der Waals surface area contributed by atoms with Gasteiger partial charge in [-0.05, 0) is 42.0 Å².